The molecule has 0 saturated heterocycles. The van der Waals surface area contributed by atoms with E-state index in [-0.39, 0.29) is 0 Å². The highest BCUT2D eigenvalue weighted by atomic mass is 16.1. The summed E-state index contributed by atoms with van der Waals surface area (Å²) >= 11 is 0. The van der Waals surface area contributed by atoms with E-state index in [0.29, 0.717) is 11.7 Å². The Morgan fingerprint density at radius 3 is 2.93 bits per heavy atom. The van der Waals surface area contributed by atoms with Crippen molar-refractivity contribution in [1.29, 1.82) is 0 Å². The quantitative estimate of drug-likeness (QED) is 0.725. The van der Waals surface area contributed by atoms with Crippen LogP contribution < -0.4 is 0 Å². The minimum Gasteiger partial charge on any atom is -0.294 e. The Balaban J connectivity index is 2.24. The summed E-state index contributed by atoms with van der Waals surface area (Å²) in [6, 6.07) is 8.14. The molecule has 1 aliphatic rings. The molecule has 15 heavy (non-hydrogen) atoms. The van der Waals surface area contributed by atoms with Crippen LogP contribution >= 0.6 is 0 Å². The highest BCUT2D eigenvalue weighted by molar-refractivity contribution is 5.98. The molecule has 1 aromatic rings. The van der Waals surface area contributed by atoms with Crippen molar-refractivity contribution >= 4 is 5.78 Å². The van der Waals surface area contributed by atoms with Gasteiger partial charge in [0.25, 0.3) is 0 Å². The van der Waals surface area contributed by atoms with Gasteiger partial charge in [0.15, 0.2) is 5.78 Å². The number of fused-ring (bicyclic) bond motifs is 1. The van der Waals surface area contributed by atoms with Crippen LogP contribution in [0.2, 0.25) is 0 Å². The molecule has 0 bridgehead atoms. The summed E-state index contributed by atoms with van der Waals surface area (Å²) in [6.45, 7) is 2.22. The van der Waals surface area contributed by atoms with Crippen LogP contribution in [0.1, 0.15) is 60.9 Å². The maximum Gasteiger partial charge on any atom is 0.163 e. The van der Waals surface area contributed by atoms with Crippen LogP contribution in [-0.4, -0.2) is 5.78 Å². The standard InChI is InChI=1S/C14H18O/c1-2-3-6-11-9-10-14(15)13-8-5-4-7-12(11)13/h4-5,7-8,11H,2-3,6,9-10H2,1H3. The Hall–Kier alpha value is -1.11. The lowest BCUT2D eigenvalue weighted by Crippen LogP contribution is -2.15. The van der Waals surface area contributed by atoms with Crippen molar-refractivity contribution in [2.45, 2.75) is 44.9 Å². The molecule has 80 valence electrons. The van der Waals surface area contributed by atoms with E-state index in [1.165, 1.54) is 24.8 Å². The Labute approximate surface area is 91.5 Å². The molecule has 0 radical (unpaired) electrons. The largest absolute Gasteiger partial charge is 0.294 e. The third kappa shape index (κ3) is 2.11. The summed E-state index contributed by atoms with van der Waals surface area (Å²) in [5.74, 6) is 0.956. The van der Waals surface area contributed by atoms with E-state index in [0.717, 1.165) is 18.4 Å². The molecule has 1 aliphatic carbocycles. The molecule has 0 saturated carbocycles. The summed E-state index contributed by atoms with van der Waals surface area (Å²) < 4.78 is 0. The normalized spacial score (nSPS) is 20.1. The number of ketones is 1. The van der Waals surface area contributed by atoms with Crippen molar-refractivity contribution in [3.63, 3.8) is 0 Å². The lowest BCUT2D eigenvalue weighted by molar-refractivity contribution is 0.0966. The molecular weight excluding hydrogens is 184 g/mol. The lowest BCUT2D eigenvalue weighted by Gasteiger charge is -2.24. The topological polar surface area (TPSA) is 17.1 Å². The fraction of sp³-hybridized carbons (Fsp3) is 0.500. The van der Waals surface area contributed by atoms with Crippen LogP contribution in [0.3, 0.4) is 0 Å². The maximum atomic E-state index is 11.7. The monoisotopic (exact) mass is 202 g/mol. The fourth-order valence-corrected chi connectivity index (χ4v) is 2.45. The molecule has 0 N–H and O–H groups in total. The number of rotatable bonds is 3. The number of benzene rings is 1. The molecular formula is C14H18O. The summed E-state index contributed by atoms with van der Waals surface area (Å²) in [7, 11) is 0. The number of carbonyl (C=O) groups is 1. The van der Waals surface area contributed by atoms with Gasteiger partial charge in [0, 0.05) is 12.0 Å². The van der Waals surface area contributed by atoms with Crippen LogP contribution in [0.5, 0.6) is 0 Å². The summed E-state index contributed by atoms with van der Waals surface area (Å²) in [6.07, 6.45) is 5.54. The number of unbranched alkanes of at least 4 members (excludes halogenated alkanes) is 1. The molecule has 1 atom stereocenters. The molecule has 1 aromatic carbocycles. The Kier molecular flexibility index (Phi) is 3.20. The molecule has 0 aliphatic heterocycles. The predicted octanol–water partition coefficient (Wildman–Crippen LogP) is 3.94. The third-order valence-corrected chi connectivity index (χ3v) is 3.33. The van der Waals surface area contributed by atoms with Crippen molar-refractivity contribution in [1.82, 2.24) is 0 Å². The second-order valence-electron chi connectivity index (χ2n) is 4.39. The van der Waals surface area contributed by atoms with Gasteiger partial charge in [0.05, 0.1) is 0 Å². The van der Waals surface area contributed by atoms with E-state index < -0.39 is 0 Å². The van der Waals surface area contributed by atoms with Gasteiger partial charge in [0.2, 0.25) is 0 Å². The predicted molar refractivity (Wildman–Crippen MR) is 62.3 cm³/mol. The molecule has 1 unspecified atom stereocenters. The molecule has 0 amide bonds. The molecule has 0 aromatic heterocycles. The van der Waals surface area contributed by atoms with Gasteiger partial charge in [-0.1, -0.05) is 44.0 Å². The van der Waals surface area contributed by atoms with Gasteiger partial charge in [-0.05, 0) is 24.3 Å². The minimum atomic E-state index is 0.332. The lowest BCUT2D eigenvalue weighted by atomic mass is 9.80. The van der Waals surface area contributed by atoms with E-state index in [1.807, 2.05) is 12.1 Å². The van der Waals surface area contributed by atoms with Gasteiger partial charge in [0.1, 0.15) is 0 Å². The average Bonchev–Trinajstić information content (AvgIpc) is 2.29. The highest BCUT2D eigenvalue weighted by Gasteiger charge is 2.24. The molecule has 2 rings (SSSR count). The summed E-state index contributed by atoms with van der Waals surface area (Å²) in [5.41, 5.74) is 2.27. The molecule has 1 nitrogen and oxygen atoms in total. The second-order valence-corrected chi connectivity index (χ2v) is 4.39. The van der Waals surface area contributed by atoms with E-state index in [2.05, 4.69) is 19.1 Å². The van der Waals surface area contributed by atoms with Crippen molar-refractivity contribution < 1.29 is 4.79 Å². The number of carbonyl (C=O) groups excluding carboxylic acids is 1. The molecule has 1 heteroatoms. The number of Topliss-reactive ketones (excluding diaryl/α,β-unsaturated/α-hetero) is 1. The molecule has 0 heterocycles. The first-order chi connectivity index (χ1) is 7.33. The van der Waals surface area contributed by atoms with Crippen molar-refractivity contribution in [3.8, 4) is 0 Å². The van der Waals surface area contributed by atoms with Gasteiger partial charge in [-0.2, -0.15) is 0 Å². The van der Waals surface area contributed by atoms with Gasteiger partial charge >= 0.3 is 0 Å². The zero-order valence-corrected chi connectivity index (χ0v) is 9.33. The smallest absolute Gasteiger partial charge is 0.163 e. The van der Waals surface area contributed by atoms with Crippen molar-refractivity contribution in [3.05, 3.63) is 35.4 Å². The summed E-state index contributed by atoms with van der Waals surface area (Å²) in [4.78, 5) is 11.7. The van der Waals surface area contributed by atoms with Gasteiger partial charge < -0.3 is 0 Å². The third-order valence-electron chi connectivity index (χ3n) is 3.33. The fourth-order valence-electron chi connectivity index (χ4n) is 2.45. The van der Waals surface area contributed by atoms with Crippen LogP contribution in [-0.2, 0) is 0 Å². The first-order valence-electron chi connectivity index (χ1n) is 5.95. The van der Waals surface area contributed by atoms with Crippen molar-refractivity contribution in [2.75, 3.05) is 0 Å². The Bertz CT molecular complexity index is 354. The summed E-state index contributed by atoms with van der Waals surface area (Å²) in [5, 5.41) is 0. The van der Waals surface area contributed by atoms with E-state index in [9.17, 15) is 4.79 Å². The van der Waals surface area contributed by atoms with Crippen molar-refractivity contribution in [2.24, 2.45) is 0 Å². The Morgan fingerprint density at radius 1 is 1.33 bits per heavy atom. The first-order valence-corrected chi connectivity index (χ1v) is 5.95. The Morgan fingerprint density at radius 2 is 2.13 bits per heavy atom. The highest BCUT2D eigenvalue weighted by Crippen LogP contribution is 2.34. The zero-order valence-electron chi connectivity index (χ0n) is 9.33. The zero-order chi connectivity index (χ0) is 10.7. The average molecular weight is 202 g/mol. The van der Waals surface area contributed by atoms with Gasteiger partial charge in [-0.25, -0.2) is 0 Å². The van der Waals surface area contributed by atoms with E-state index >= 15 is 0 Å². The SMILES string of the molecule is CCCCC1CCC(=O)c2ccccc21. The van der Waals surface area contributed by atoms with E-state index in [1.54, 1.807) is 0 Å². The van der Waals surface area contributed by atoms with Crippen LogP contribution in [0.25, 0.3) is 0 Å². The first kappa shape index (κ1) is 10.4. The van der Waals surface area contributed by atoms with Gasteiger partial charge in [-0.3, -0.25) is 4.79 Å². The van der Waals surface area contributed by atoms with Crippen LogP contribution in [0, 0.1) is 0 Å². The maximum absolute atomic E-state index is 11.7. The van der Waals surface area contributed by atoms with Crippen LogP contribution in [0.15, 0.2) is 24.3 Å². The molecule has 0 fully saturated rings. The minimum absolute atomic E-state index is 0.332. The van der Waals surface area contributed by atoms with Crippen LogP contribution in [0.4, 0.5) is 0 Å². The number of hydrogen-bond donors (Lipinski definition) is 0. The van der Waals surface area contributed by atoms with E-state index in [4.69, 9.17) is 0 Å². The molecule has 0 spiro atoms. The number of hydrogen-bond acceptors (Lipinski definition) is 1. The second kappa shape index (κ2) is 4.61. The van der Waals surface area contributed by atoms with Gasteiger partial charge in [-0.15, -0.1) is 0 Å².